The molecule has 3 nitrogen and oxygen atoms in total. The molecule has 1 unspecified atom stereocenters. The van der Waals surface area contributed by atoms with E-state index in [2.05, 4.69) is 4.74 Å². The summed E-state index contributed by atoms with van der Waals surface area (Å²) < 4.78 is 66.5. The van der Waals surface area contributed by atoms with E-state index in [1.807, 2.05) is 5.43 Å². The molecule has 0 amide bonds. The van der Waals surface area contributed by atoms with Gasteiger partial charge in [0.2, 0.25) is 0 Å². The number of rotatable bonds is 5. The molecule has 1 aromatic carbocycles. The topological polar surface area (TPSA) is 47.3 Å². The van der Waals surface area contributed by atoms with Crippen LogP contribution in [0.4, 0.5) is 22.0 Å². The summed E-state index contributed by atoms with van der Waals surface area (Å²) in [6.45, 7) is -2.12. The number of hydrazine groups is 1. The van der Waals surface area contributed by atoms with Crippen molar-refractivity contribution in [3.63, 3.8) is 0 Å². The number of ether oxygens (including phenoxy) is 1. The molecule has 0 aliphatic rings. The van der Waals surface area contributed by atoms with E-state index in [9.17, 15) is 22.0 Å². The van der Waals surface area contributed by atoms with Crippen molar-refractivity contribution in [1.82, 2.24) is 5.43 Å². The third kappa shape index (κ3) is 4.21. The number of nitrogens with two attached hydrogens (primary N) is 1. The first-order valence-corrected chi connectivity index (χ1v) is 4.89. The summed E-state index contributed by atoms with van der Waals surface area (Å²) in [5.74, 6) is 3.23. The van der Waals surface area contributed by atoms with Crippen LogP contribution >= 0.6 is 0 Å². The molecule has 0 aliphatic carbocycles. The normalized spacial score (nSPS) is 13.7. The molecular weight excluding hydrogens is 259 g/mol. The van der Waals surface area contributed by atoms with Gasteiger partial charge in [-0.3, -0.25) is 11.3 Å². The highest BCUT2D eigenvalue weighted by molar-refractivity contribution is 5.23. The molecule has 1 rings (SSSR count). The molecule has 8 heteroatoms. The highest BCUT2D eigenvalue weighted by Crippen LogP contribution is 2.21. The van der Waals surface area contributed by atoms with E-state index >= 15 is 0 Å². The zero-order valence-electron chi connectivity index (χ0n) is 9.10. The second kappa shape index (κ2) is 6.07. The molecule has 3 N–H and O–H groups in total. The maximum Gasteiger partial charge on any atom is 0.411 e. The van der Waals surface area contributed by atoms with Gasteiger partial charge in [-0.2, -0.15) is 13.2 Å². The second-order valence-corrected chi connectivity index (χ2v) is 3.48. The quantitative estimate of drug-likeness (QED) is 0.489. The molecule has 0 heterocycles. The van der Waals surface area contributed by atoms with E-state index in [0.717, 1.165) is 18.2 Å². The maximum atomic E-state index is 13.3. The van der Waals surface area contributed by atoms with Crippen LogP contribution in [0.5, 0.6) is 0 Å². The molecule has 0 aromatic heterocycles. The standard InChI is InChI=1S/C10H11F5N2O/c11-6-2-1-3-7(12)9(6)8(17-16)4-18-5-10(13,14)15/h1-3,8,17H,4-5,16H2. The first kappa shape index (κ1) is 14.8. The maximum absolute atomic E-state index is 13.3. The lowest BCUT2D eigenvalue weighted by atomic mass is 10.1. The lowest BCUT2D eigenvalue weighted by Crippen LogP contribution is -2.34. The van der Waals surface area contributed by atoms with Gasteiger partial charge in [-0.1, -0.05) is 6.07 Å². The number of alkyl halides is 3. The number of halogens is 5. The Morgan fingerprint density at radius 3 is 2.22 bits per heavy atom. The fourth-order valence-electron chi connectivity index (χ4n) is 1.35. The first-order chi connectivity index (χ1) is 8.35. The van der Waals surface area contributed by atoms with Crippen LogP contribution in [0, 0.1) is 11.6 Å². The largest absolute Gasteiger partial charge is 0.411 e. The minimum absolute atomic E-state index is 0.456. The Balaban J connectivity index is 2.72. The molecule has 0 bridgehead atoms. The molecule has 0 saturated heterocycles. The lowest BCUT2D eigenvalue weighted by molar-refractivity contribution is -0.175. The van der Waals surface area contributed by atoms with Gasteiger partial charge in [0.25, 0.3) is 0 Å². The third-order valence-electron chi connectivity index (χ3n) is 2.10. The van der Waals surface area contributed by atoms with Gasteiger partial charge in [0, 0.05) is 5.56 Å². The Bertz CT molecular complexity index is 376. The summed E-state index contributed by atoms with van der Waals surface area (Å²) >= 11 is 0. The minimum Gasteiger partial charge on any atom is -0.370 e. The number of hydrogen-bond acceptors (Lipinski definition) is 3. The van der Waals surface area contributed by atoms with Crippen LogP contribution < -0.4 is 11.3 Å². The Kier molecular flexibility index (Phi) is 5.00. The van der Waals surface area contributed by atoms with Crippen molar-refractivity contribution in [2.45, 2.75) is 12.2 Å². The second-order valence-electron chi connectivity index (χ2n) is 3.48. The van der Waals surface area contributed by atoms with Crippen molar-refractivity contribution in [3.8, 4) is 0 Å². The average Bonchev–Trinajstić information content (AvgIpc) is 2.25. The minimum atomic E-state index is -4.51. The predicted molar refractivity (Wildman–Crippen MR) is 53.3 cm³/mol. The Morgan fingerprint density at radius 2 is 1.78 bits per heavy atom. The van der Waals surface area contributed by atoms with E-state index in [0.29, 0.717) is 0 Å². The molecule has 102 valence electrons. The van der Waals surface area contributed by atoms with Crippen LogP contribution in [0.3, 0.4) is 0 Å². The molecule has 0 aliphatic heterocycles. The summed E-state index contributed by atoms with van der Waals surface area (Å²) in [7, 11) is 0. The third-order valence-corrected chi connectivity index (χ3v) is 2.10. The van der Waals surface area contributed by atoms with Gasteiger partial charge >= 0.3 is 6.18 Å². The van der Waals surface area contributed by atoms with Gasteiger partial charge < -0.3 is 4.74 Å². The van der Waals surface area contributed by atoms with Crippen LogP contribution in [0.2, 0.25) is 0 Å². The Hall–Kier alpha value is -1.25. The van der Waals surface area contributed by atoms with Gasteiger partial charge in [0.1, 0.15) is 18.2 Å². The van der Waals surface area contributed by atoms with Crippen molar-refractivity contribution in [2.24, 2.45) is 5.84 Å². The van der Waals surface area contributed by atoms with Crippen molar-refractivity contribution >= 4 is 0 Å². The van der Waals surface area contributed by atoms with Crippen molar-refractivity contribution in [3.05, 3.63) is 35.4 Å². The molecule has 1 atom stereocenters. The van der Waals surface area contributed by atoms with Gasteiger partial charge in [0.05, 0.1) is 12.6 Å². The highest BCUT2D eigenvalue weighted by Gasteiger charge is 2.28. The fourth-order valence-corrected chi connectivity index (χ4v) is 1.35. The fraction of sp³-hybridized carbons (Fsp3) is 0.400. The monoisotopic (exact) mass is 270 g/mol. The molecule has 18 heavy (non-hydrogen) atoms. The van der Waals surface area contributed by atoms with Crippen LogP contribution in [0.1, 0.15) is 11.6 Å². The summed E-state index contributed by atoms with van der Waals surface area (Å²) in [4.78, 5) is 0. The Morgan fingerprint density at radius 1 is 1.22 bits per heavy atom. The van der Waals surface area contributed by atoms with Crippen molar-refractivity contribution in [2.75, 3.05) is 13.2 Å². The van der Waals surface area contributed by atoms with E-state index < -0.39 is 42.6 Å². The van der Waals surface area contributed by atoms with Crippen LogP contribution in [0.15, 0.2) is 18.2 Å². The van der Waals surface area contributed by atoms with Crippen LogP contribution in [-0.4, -0.2) is 19.4 Å². The molecule has 0 radical (unpaired) electrons. The Labute approximate surface area is 99.7 Å². The van der Waals surface area contributed by atoms with Crippen LogP contribution in [0.25, 0.3) is 0 Å². The summed E-state index contributed by atoms with van der Waals surface area (Å²) in [5.41, 5.74) is 1.56. The molecular formula is C10H11F5N2O. The summed E-state index contributed by atoms with van der Waals surface area (Å²) in [5, 5.41) is 0. The van der Waals surface area contributed by atoms with E-state index in [-0.39, 0.29) is 0 Å². The van der Waals surface area contributed by atoms with E-state index in [1.54, 1.807) is 0 Å². The van der Waals surface area contributed by atoms with Gasteiger partial charge in [0.15, 0.2) is 0 Å². The molecule has 1 aromatic rings. The van der Waals surface area contributed by atoms with Gasteiger partial charge in [-0.15, -0.1) is 0 Å². The molecule has 0 fully saturated rings. The molecule has 0 saturated carbocycles. The summed E-state index contributed by atoms with van der Waals surface area (Å²) in [6, 6.07) is 1.89. The smallest absolute Gasteiger partial charge is 0.370 e. The number of nitrogens with one attached hydrogen (secondary N) is 1. The van der Waals surface area contributed by atoms with Crippen molar-refractivity contribution in [1.29, 1.82) is 0 Å². The summed E-state index contributed by atoms with van der Waals surface area (Å²) in [6.07, 6.45) is -4.51. The average molecular weight is 270 g/mol. The highest BCUT2D eigenvalue weighted by atomic mass is 19.4. The zero-order chi connectivity index (χ0) is 13.8. The van der Waals surface area contributed by atoms with Crippen molar-refractivity contribution < 1.29 is 26.7 Å². The van der Waals surface area contributed by atoms with Crippen LogP contribution in [-0.2, 0) is 4.74 Å². The zero-order valence-corrected chi connectivity index (χ0v) is 9.10. The SMILES string of the molecule is NNC(COCC(F)(F)F)c1c(F)cccc1F. The lowest BCUT2D eigenvalue weighted by Gasteiger charge is -2.18. The van der Waals surface area contributed by atoms with E-state index in [4.69, 9.17) is 5.84 Å². The van der Waals surface area contributed by atoms with Gasteiger partial charge in [-0.25, -0.2) is 8.78 Å². The molecule has 0 spiro atoms. The number of benzene rings is 1. The predicted octanol–water partition coefficient (Wildman–Crippen LogP) is 2.05. The van der Waals surface area contributed by atoms with Gasteiger partial charge in [-0.05, 0) is 12.1 Å². The van der Waals surface area contributed by atoms with E-state index in [1.165, 1.54) is 0 Å². The first-order valence-electron chi connectivity index (χ1n) is 4.89. The number of hydrogen-bond donors (Lipinski definition) is 2.